The van der Waals surface area contributed by atoms with Crippen molar-refractivity contribution >= 4 is 23.9 Å². The van der Waals surface area contributed by atoms with Gasteiger partial charge in [-0.2, -0.15) is 0 Å². The lowest BCUT2D eigenvalue weighted by molar-refractivity contribution is -0.183. The van der Waals surface area contributed by atoms with Crippen molar-refractivity contribution in [1.82, 2.24) is 0 Å². The molecule has 0 N–H and O–H groups in total. The van der Waals surface area contributed by atoms with Gasteiger partial charge in [-0.3, -0.25) is 9.59 Å². The Kier molecular flexibility index (Phi) is 18.1. The first-order valence-electron chi connectivity index (χ1n) is 14.6. The standard InChI is InChI=1S/C30H54O12/c1-19(2)39-21(5)15-37-27(33)29(9,10)41-23(7)17-35-25(31)13-14-26(32)36-18-24(8)42-30(11,12)28(34)38-16-22(6)40-20(3)4/h19-24H,13-18H2,1-12H3. The fourth-order valence-corrected chi connectivity index (χ4v) is 3.68. The highest BCUT2D eigenvalue weighted by molar-refractivity contribution is 5.79. The van der Waals surface area contributed by atoms with Gasteiger partial charge in [0.2, 0.25) is 0 Å². The first kappa shape index (κ1) is 39.7. The van der Waals surface area contributed by atoms with Gasteiger partial charge in [-0.1, -0.05) is 0 Å². The molecule has 12 nitrogen and oxygen atoms in total. The van der Waals surface area contributed by atoms with E-state index in [1.54, 1.807) is 55.4 Å². The molecule has 0 aliphatic carbocycles. The Morgan fingerprint density at radius 3 is 1.05 bits per heavy atom. The van der Waals surface area contributed by atoms with Crippen LogP contribution in [0, 0.1) is 0 Å². The molecule has 0 saturated carbocycles. The molecule has 0 rings (SSSR count). The summed E-state index contributed by atoms with van der Waals surface area (Å²) < 4.78 is 43.4. The quantitative estimate of drug-likeness (QED) is 0.138. The second-order valence-corrected chi connectivity index (χ2v) is 11.9. The van der Waals surface area contributed by atoms with Crippen LogP contribution in [0.4, 0.5) is 0 Å². The minimum absolute atomic E-state index is 0.0108. The van der Waals surface area contributed by atoms with Crippen LogP contribution in [-0.4, -0.2) is 98.1 Å². The number of ether oxygens (including phenoxy) is 8. The fraction of sp³-hybridized carbons (Fsp3) is 0.867. The molecule has 0 aliphatic rings. The summed E-state index contributed by atoms with van der Waals surface area (Å²) in [7, 11) is 0. The Hall–Kier alpha value is -2.28. The summed E-state index contributed by atoms with van der Waals surface area (Å²) in [5.41, 5.74) is -2.53. The van der Waals surface area contributed by atoms with Crippen LogP contribution in [0.3, 0.4) is 0 Å². The van der Waals surface area contributed by atoms with E-state index in [0.717, 1.165) is 0 Å². The first-order chi connectivity index (χ1) is 19.2. The first-order valence-corrected chi connectivity index (χ1v) is 14.6. The van der Waals surface area contributed by atoms with E-state index in [2.05, 4.69) is 0 Å². The molecule has 0 aromatic carbocycles. The molecule has 0 amide bonds. The minimum atomic E-state index is -1.27. The average molecular weight is 607 g/mol. The maximum absolute atomic E-state index is 12.4. The second kappa shape index (κ2) is 19.1. The van der Waals surface area contributed by atoms with Gasteiger partial charge in [0, 0.05) is 0 Å². The van der Waals surface area contributed by atoms with Gasteiger partial charge in [0.1, 0.15) is 26.4 Å². The SMILES string of the molecule is CC(C)OC(C)COC(=O)C(C)(C)OC(C)COC(=O)CCC(=O)OCC(C)OC(C)(C)C(=O)OCC(C)OC(C)C. The van der Waals surface area contributed by atoms with Crippen LogP contribution in [0.1, 0.15) is 95.9 Å². The van der Waals surface area contributed by atoms with Gasteiger partial charge in [-0.15, -0.1) is 0 Å². The maximum atomic E-state index is 12.4. The summed E-state index contributed by atoms with van der Waals surface area (Å²) in [4.78, 5) is 49.0. The number of esters is 4. The van der Waals surface area contributed by atoms with Crippen LogP contribution < -0.4 is 0 Å². The van der Waals surface area contributed by atoms with E-state index in [-0.39, 0.29) is 63.7 Å². The summed E-state index contributed by atoms with van der Waals surface area (Å²) in [6.45, 7) is 20.7. The average Bonchev–Trinajstić information content (AvgIpc) is 2.85. The monoisotopic (exact) mass is 606 g/mol. The summed E-state index contributed by atoms with van der Waals surface area (Å²) in [6.07, 6.45) is -2.11. The van der Waals surface area contributed by atoms with E-state index in [1.165, 1.54) is 0 Å². The van der Waals surface area contributed by atoms with Gasteiger partial charge in [0.05, 0.1) is 49.5 Å². The molecule has 0 bridgehead atoms. The largest absolute Gasteiger partial charge is 0.463 e. The van der Waals surface area contributed by atoms with Crippen LogP contribution in [0.25, 0.3) is 0 Å². The van der Waals surface area contributed by atoms with Gasteiger partial charge >= 0.3 is 23.9 Å². The zero-order chi connectivity index (χ0) is 32.7. The molecule has 4 unspecified atom stereocenters. The molecular formula is C30H54O12. The van der Waals surface area contributed by atoms with Crippen molar-refractivity contribution in [2.24, 2.45) is 0 Å². The third kappa shape index (κ3) is 18.3. The number of hydrogen-bond donors (Lipinski definition) is 0. The van der Waals surface area contributed by atoms with Crippen LogP contribution in [0.2, 0.25) is 0 Å². The topological polar surface area (TPSA) is 142 Å². The van der Waals surface area contributed by atoms with Crippen molar-refractivity contribution in [3.63, 3.8) is 0 Å². The van der Waals surface area contributed by atoms with Crippen molar-refractivity contribution in [2.75, 3.05) is 26.4 Å². The van der Waals surface area contributed by atoms with E-state index in [9.17, 15) is 19.2 Å². The second-order valence-electron chi connectivity index (χ2n) is 11.9. The highest BCUT2D eigenvalue weighted by Crippen LogP contribution is 2.17. The van der Waals surface area contributed by atoms with Crippen molar-refractivity contribution in [3.8, 4) is 0 Å². The Morgan fingerprint density at radius 2 is 0.762 bits per heavy atom. The highest BCUT2D eigenvalue weighted by Gasteiger charge is 2.34. The molecule has 0 heterocycles. The molecule has 4 atom stereocenters. The lowest BCUT2D eigenvalue weighted by Crippen LogP contribution is -2.42. The molecule has 42 heavy (non-hydrogen) atoms. The van der Waals surface area contributed by atoms with Crippen molar-refractivity contribution in [2.45, 2.75) is 144 Å². The summed E-state index contributed by atoms with van der Waals surface area (Å²) in [5, 5.41) is 0. The highest BCUT2D eigenvalue weighted by atomic mass is 16.6. The van der Waals surface area contributed by atoms with Crippen LogP contribution in [0.5, 0.6) is 0 Å². The smallest absolute Gasteiger partial charge is 0.337 e. The van der Waals surface area contributed by atoms with Gasteiger partial charge in [0.15, 0.2) is 11.2 Å². The predicted octanol–water partition coefficient (Wildman–Crippen LogP) is 3.93. The van der Waals surface area contributed by atoms with E-state index in [4.69, 9.17) is 37.9 Å². The Balaban J connectivity index is 4.36. The minimum Gasteiger partial charge on any atom is -0.463 e. The summed E-state index contributed by atoms with van der Waals surface area (Å²) in [5.74, 6) is -2.36. The van der Waals surface area contributed by atoms with Crippen molar-refractivity contribution < 1.29 is 57.1 Å². The number of rotatable bonds is 21. The molecule has 0 aromatic heterocycles. The van der Waals surface area contributed by atoms with Gasteiger partial charge in [-0.05, 0) is 83.1 Å². The van der Waals surface area contributed by atoms with Crippen LogP contribution in [0.15, 0.2) is 0 Å². The summed E-state index contributed by atoms with van der Waals surface area (Å²) in [6, 6.07) is 0. The molecule has 246 valence electrons. The van der Waals surface area contributed by atoms with Crippen molar-refractivity contribution in [3.05, 3.63) is 0 Å². The molecule has 0 spiro atoms. The third-order valence-electron chi connectivity index (χ3n) is 5.37. The number of carbonyl (C=O) groups is 4. The molecule has 0 saturated heterocycles. The molecule has 0 aromatic rings. The third-order valence-corrected chi connectivity index (χ3v) is 5.37. The summed E-state index contributed by atoms with van der Waals surface area (Å²) >= 11 is 0. The molecular weight excluding hydrogens is 552 g/mol. The zero-order valence-corrected chi connectivity index (χ0v) is 27.6. The Morgan fingerprint density at radius 1 is 0.476 bits per heavy atom. The Bertz CT molecular complexity index is 768. The van der Waals surface area contributed by atoms with Crippen LogP contribution in [-0.2, 0) is 57.1 Å². The number of hydrogen-bond acceptors (Lipinski definition) is 12. The van der Waals surface area contributed by atoms with Gasteiger partial charge in [-0.25, -0.2) is 9.59 Å². The van der Waals surface area contributed by atoms with E-state index in [0.29, 0.717) is 0 Å². The lowest BCUT2D eigenvalue weighted by atomic mass is 10.1. The molecule has 0 aliphatic heterocycles. The number of carbonyl (C=O) groups excluding carboxylic acids is 4. The normalized spacial score (nSPS) is 15.1. The lowest BCUT2D eigenvalue weighted by Gasteiger charge is -2.28. The van der Waals surface area contributed by atoms with Crippen molar-refractivity contribution in [1.29, 1.82) is 0 Å². The van der Waals surface area contributed by atoms with Gasteiger partial charge in [0.25, 0.3) is 0 Å². The molecule has 0 radical (unpaired) electrons. The molecule has 0 fully saturated rings. The Labute approximate surface area is 251 Å². The van der Waals surface area contributed by atoms with E-state index >= 15 is 0 Å². The van der Waals surface area contributed by atoms with E-state index in [1.807, 2.05) is 27.7 Å². The maximum Gasteiger partial charge on any atom is 0.337 e. The fourth-order valence-electron chi connectivity index (χ4n) is 3.68. The predicted molar refractivity (Wildman–Crippen MR) is 154 cm³/mol. The zero-order valence-electron chi connectivity index (χ0n) is 27.6. The van der Waals surface area contributed by atoms with E-state index < -0.39 is 47.3 Å². The van der Waals surface area contributed by atoms with Crippen LogP contribution >= 0.6 is 0 Å². The molecule has 12 heteroatoms. The van der Waals surface area contributed by atoms with Gasteiger partial charge < -0.3 is 37.9 Å².